The van der Waals surface area contributed by atoms with Gasteiger partial charge in [0, 0.05) is 0 Å². The third kappa shape index (κ3) is 1.27. The quantitative estimate of drug-likeness (QED) is 0.732. The van der Waals surface area contributed by atoms with Crippen LogP contribution in [0.4, 0.5) is 5.82 Å². The Labute approximate surface area is 86.5 Å². The predicted octanol–water partition coefficient (Wildman–Crippen LogP) is 1.50. The van der Waals surface area contributed by atoms with Gasteiger partial charge < -0.3 is 10.7 Å². The summed E-state index contributed by atoms with van der Waals surface area (Å²) in [6.45, 7) is 0. The van der Waals surface area contributed by atoms with Crippen molar-refractivity contribution >= 4 is 22.6 Å². The Morgan fingerprint density at radius 1 is 1.33 bits per heavy atom. The highest BCUT2D eigenvalue weighted by molar-refractivity contribution is 5.83. The molecule has 1 aliphatic carbocycles. The Morgan fingerprint density at radius 2 is 2.27 bits per heavy atom. The monoisotopic (exact) mass is 201 g/mol. The van der Waals surface area contributed by atoms with Crippen LogP contribution in [-0.4, -0.2) is 19.9 Å². The number of aromatic nitrogens is 4. The number of hydrogen-bond donors (Lipinski definition) is 2. The van der Waals surface area contributed by atoms with Crippen molar-refractivity contribution in [2.75, 3.05) is 5.73 Å². The van der Waals surface area contributed by atoms with Gasteiger partial charge in [-0.1, -0.05) is 6.08 Å². The van der Waals surface area contributed by atoms with Crippen LogP contribution >= 0.6 is 0 Å². The van der Waals surface area contributed by atoms with Gasteiger partial charge in [0.05, 0.1) is 0 Å². The van der Waals surface area contributed by atoms with Crippen LogP contribution in [0.5, 0.6) is 0 Å². The van der Waals surface area contributed by atoms with Crippen molar-refractivity contribution in [1.82, 2.24) is 19.9 Å². The van der Waals surface area contributed by atoms with E-state index in [0.717, 1.165) is 24.2 Å². The van der Waals surface area contributed by atoms with Crippen molar-refractivity contribution in [3.63, 3.8) is 0 Å². The Hall–Kier alpha value is -1.91. The zero-order valence-corrected chi connectivity index (χ0v) is 8.20. The highest BCUT2D eigenvalue weighted by Gasteiger charge is 2.13. The van der Waals surface area contributed by atoms with Crippen LogP contribution in [0.3, 0.4) is 0 Å². The summed E-state index contributed by atoms with van der Waals surface area (Å²) in [7, 11) is 0. The van der Waals surface area contributed by atoms with E-state index in [9.17, 15) is 0 Å². The Balaban J connectivity index is 2.18. The van der Waals surface area contributed by atoms with E-state index in [-0.39, 0.29) is 0 Å². The molecule has 2 aromatic heterocycles. The molecular weight excluding hydrogens is 190 g/mol. The van der Waals surface area contributed by atoms with E-state index in [1.807, 2.05) is 0 Å². The summed E-state index contributed by atoms with van der Waals surface area (Å²) in [6.07, 6.45) is 7.06. The minimum absolute atomic E-state index is 0.456. The second kappa shape index (κ2) is 3.05. The topological polar surface area (TPSA) is 80.5 Å². The van der Waals surface area contributed by atoms with E-state index in [1.165, 1.54) is 18.3 Å². The summed E-state index contributed by atoms with van der Waals surface area (Å²) in [5, 5.41) is 0. The average Bonchev–Trinajstić information content (AvgIpc) is 2.86. The fourth-order valence-electron chi connectivity index (χ4n) is 1.88. The summed E-state index contributed by atoms with van der Waals surface area (Å²) in [4.78, 5) is 15.6. The van der Waals surface area contributed by atoms with Gasteiger partial charge in [0.15, 0.2) is 11.5 Å². The maximum atomic E-state index is 5.73. The number of aromatic amines is 1. The number of anilines is 1. The number of nitrogen functional groups attached to an aromatic ring is 1. The number of H-pyrrole nitrogens is 1. The number of imidazole rings is 1. The van der Waals surface area contributed by atoms with Gasteiger partial charge in [-0.15, -0.1) is 0 Å². The lowest BCUT2D eigenvalue weighted by atomic mass is 10.2. The molecule has 0 aliphatic heterocycles. The number of fused-ring (bicyclic) bond motifs is 1. The fraction of sp³-hybridized carbons (Fsp3) is 0.300. The summed E-state index contributed by atoms with van der Waals surface area (Å²) in [5.41, 5.74) is 8.36. The highest BCUT2D eigenvalue weighted by atomic mass is 15.0. The average molecular weight is 201 g/mol. The number of rotatable bonds is 1. The van der Waals surface area contributed by atoms with Crippen molar-refractivity contribution in [3.05, 3.63) is 18.2 Å². The van der Waals surface area contributed by atoms with E-state index in [4.69, 9.17) is 5.73 Å². The van der Waals surface area contributed by atoms with Gasteiger partial charge in [-0.2, -0.15) is 0 Å². The van der Waals surface area contributed by atoms with Gasteiger partial charge in [-0.25, -0.2) is 15.0 Å². The molecule has 0 fully saturated rings. The van der Waals surface area contributed by atoms with Gasteiger partial charge in [0.1, 0.15) is 17.7 Å². The third-order valence-corrected chi connectivity index (χ3v) is 2.66. The van der Waals surface area contributed by atoms with Crippen LogP contribution in [-0.2, 0) is 0 Å². The molecule has 2 heterocycles. The SMILES string of the molecule is Nc1ncnc2nc(C3=CCCC3)[nH]c12. The van der Waals surface area contributed by atoms with Crippen LogP contribution in [0, 0.1) is 0 Å². The lowest BCUT2D eigenvalue weighted by Gasteiger charge is -1.93. The van der Waals surface area contributed by atoms with Crippen LogP contribution < -0.4 is 5.73 Å². The van der Waals surface area contributed by atoms with Crippen LogP contribution in [0.1, 0.15) is 25.1 Å². The van der Waals surface area contributed by atoms with Gasteiger partial charge in [-0.05, 0) is 24.8 Å². The van der Waals surface area contributed by atoms with Crippen LogP contribution in [0.2, 0.25) is 0 Å². The predicted molar refractivity (Wildman–Crippen MR) is 57.9 cm³/mol. The molecule has 15 heavy (non-hydrogen) atoms. The molecule has 5 heteroatoms. The van der Waals surface area contributed by atoms with Gasteiger partial charge in [-0.3, -0.25) is 0 Å². The molecule has 5 nitrogen and oxygen atoms in total. The first kappa shape index (κ1) is 8.40. The lowest BCUT2D eigenvalue weighted by molar-refractivity contribution is 0.931. The molecule has 0 amide bonds. The van der Waals surface area contributed by atoms with E-state index in [0.29, 0.717) is 11.5 Å². The minimum Gasteiger partial charge on any atom is -0.382 e. The van der Waals surface area contributed by atoms with Crippen molar-refractivity contribution in [3.8, 4) is 0 Å². The third-order valence-electron chi connectivity index (χ3n) is 2.66. The van der Waals surface area contributed by atoms with Crippen LogP contribution in [0.15, 0.2) is 12.4 Å². The largest absolute Gasteiger partial charge is 0.382 e. The standard InChI is InChI=1S/C10H11N5/c11-8-7-10(13-5-12-8)15-9(14-7)6-3-1-2-4-6/h3,5H,1-2,4H2,(H3,11,12,13,14,15). The van der Waals surface area contributed by atoms with Gasteiger partial charge in [0.2, 0.25) is 0 Å². The number of allylic oxidation sites excluding steroid dienone is 2. The number of hydrogen-bond acceptors (Lipinski definition) is 4. The maximum Gasteiger partial charge on any atom is 0.183 e. The van der Waals surface area contributed by atoms with Crippen molar-refractivity contribution in [2.24, 2.45) is 0 Å². The zero-order valence-electron chi connectivity index (χ0n) is 8.20. The smallest absolute Gasteiger partial charge is 0.183 e. The maximum absolute atomic E-state index is 5.73. The van der Waals surface area contributed by atoms with E-state index >= 15 is 0 Å². The number of nitrogens with zero attached hydrogens (tertiary/aromatic N) is 3. The summed E-state index contributed by atoms with van der Waals surface area (Å²) < 4.78 is 0. The minimum atomic E-state index is 0.456. The van der Waals surface area contributed by atoms with Gasteiger partial charge in [0.25, 0.3) is 0 Å². The van der Waals surface area contributed by atoms with E-state index in [1.54, 1.807) is 0 Å². The molecule has 76 valence electrons. The second-order valence-corrected chi connectivity index (χ2v) is 3.66. The summed E-state index contributed by atoms with van der Waals surface area (Å²) >= 11 is 0. The van der Waals surface area contributed by atoms with E-state index < -0.39 is 0 Å². The summed E-state index contributed by atoms with van der Waals surface area (Å²) in [5.74, 6) is 1.34. The molecule has 1 aliphatic rings. The Kier molecular flexibility index (Phi) is 1.71. The summed E-state index contributed by atoms with van der Waals surface area (Å²) in [6, 6.07) is 0. The number of nitrogens with one attached hydrogen (secondary N) is 1. The molecule has 0 aromatic carbocycles. The fourth-order valence-corrected chi connectivity index (χ4v) is 1.88. The zero-order chi connectivity index (χ0) is 10.3. The molecule has 3 rings (SSSR count). The number of nitrogens with two attached hydrogens (primary N) is 1. The normalized spacial score (nSPS) is 15.9. The second-order valence-electron chi connectivity index (χ2n) is 3.66. The van der Waals surface area contributed by atoms with Gasteiger partial charge >= 0.3 is 0 Å². The first-order valence-electron chi connectivity index (χ1n) is 5.00. The molecule has 3 N–H and O–H groups in total. The molecule has 0 saturated carbocycles. The molecule has 0 saturated heterocycles. The first-order chi connectivity index (χ1) is 7.34. The molecular formula is C10H11N5. The highest BCUT2D eigenvalue weighted by Crippen LogP contribution is 2.27. The molecule has 0 atom stereocenters. The Bertz CT molecular complexity index is 540. The Morgan fingerprint density at radius 3 is 3.00 bits per heavy atom. The molecule has 0 bridgehead atoms. The lowest BCUT2D eigenvalue weighted by Crippen LogP contribution is -1.91. The van der Waals surface area contributed by atoms with Crippen molar-refractivity contribution in [2.45, 2.75) is 19.3 Å². The molecule has 0 radical (unpaired) electrons. The molecule has 2 aromatic rings. The van der Waals surface area contributed by atoms with E-state index in [2.05, 4.69) is 26.0 Å². The van der Waals surface area contributed by atoms with Crippen molar-refractivity contribution in [1.29, 1.82) is 0 Å². The van der Waals surface area contributed by atoms with Crippen LogP contribution in [0.25, 0.3) is 16.7 Å². The molecule has 0 unspecified atom stereocenters. The van der Waals surface area contributed by atoms with Crippen molar-refractivity contribution < 1.29 is 0 Å². The first-order valence-corrected chi connectivity index (χ1v) is 5.00. The molecule has 0 spiro atoms.